The molecule has 2 aromatic heterocycles. The molecule has 2 saturated heterocycles. The fraction of sp³-hybridized carbons (Fsp3) is 0.370. The van der Waals surface area contributed by atoms with Gasteiger partial charge in [-0.3, -0.25) is 0 Å². The number of piperidine rings is 1. The Bertz CT molecular complexity index is 2860. The number of rotatable bonds is 9. The summed E-state index contributed by atoms with van der Waals surface area (Å²) in [7, 11) is 0. The minimum Gasteiger partial charge on any atom is -0.444 e. The number of amides is 1. The first kappa shape index (κ1) is 45.5. The quantitative estimate of drug-likeness (QED) is 0.113. The molecule has 0 spiro atoms. The molecule has 2 aliphatic heterocycles. The van der Waals surface area contributed by atoms with Crippen LogP contribution in [0.15, 0.2) is 109 Å². The molecule has 1 amide bonds. The number of carbonyl (C=O) groups excluding carboxylic acids is 1. The number of hydrogen-bond acceptors (Lipinski definition) is 8. The maximum absolute atomic E-state index is 18.3. The van der Waals surface area contributed by atoms with Gasteiger partial charge in [-0.05, 0) is 124 Å². The van der Waals surface area contributed by atoms with Crippen LogP contribution >= 0.6 is 34.2 Å². The second-order valence-electron chi connectivity index (χ2n) is 19.6. The molecule has 0 unspecified atom stereocenters. The molecule has 5 aromatic carbocycles. The van der Waals surface area contributed by atoms with Crippen molar-refractivity contribution in [3.63, 3.8) is 0 Å². The summed E-state index contributed by atoms with van der Waals surface area (Å²) in [5.41, 5.74) is 4.35. The van der Waals surface area contributed by atoms with E-state index in [9.17, 15) is 4.79 Å². The van der Waals surface area contributed by atoms with Gasteiger partial charge in [0.25, 0.3) is 0 Å². The number of aryl methyl sites for hydroxylation is 1. The number of anilines is 2. The second kappa shape index (κ2) is 18.0. The summed E-state index contributed by atoms with van der Waals surface area (Å²) in [5, 5.41) is 10.6. The summed E-state index contributed by atoms with van der Waals surface area (Å²) in [4.78, 5) is 30.2. The van der Waals surface area contributed by atoms with Gasteiger partial charge >= 0.3 is 6.09 Å². The number of likely N-dealkylation sites (tertiary alicyclic amines) is 1. The smallest absolute Gasteiger partial charge is 0.410 e. The minimum atomic E-state index is -0.900. The zero-order valence-corrected chi connectivity index (χ0v) is 41.9. The van der Waals surface area contributed by atoms with Gasteiger partial charge in [-0.15, -0.1) is 0 Å². The van der Waals surface area contributed by atoms with Crippen molar-refractivity contribution in [2.45, 2.75) is 103 Å². The molecule has 10 nitrogen and oxygen atoms in total. The van der Waals surface area contributed by atoms with Crippen molar-refractivity contribution in [2.24, 2.45) is 0 Å². The number of piperazine rings is 1. The largest absolute Gasteiger partial charge is 0.444 e. The molecule has 13 heteroatoms. The molecule has 7 aromatic rings. The van der Waals surface area contributed by atoms with Crippen molar-refractivity contribution < 1.29 is 13.9 Å². The number of aromatic nitrogens is 4. The van der Waals surface area contributed by atoms with E-state index in [0.29, 0.717) is 45.5 Å². The third-order valence-electron chi connectivity index (χ3n) is 13.8. The van der Waals surface area contributed by atoms with Crippen molar-refractivity contribution in [1.82, 2.24) is 29.5 Å². The third-order valence-corrected chi connectivity index (χ3v) is 14.9. The lowest BCUT2D eigenvalue weighted by Crippen LogP contribution is -2.59. The minimum absolute atomic E-state index is 0.137. The van der Waals surface area contributed by atoms with Crippen molar-refractivity contribution in [3.05, 3.63) is 146 Å². The van der Waals surface area contributed by atoms with Crippen LogP contribution < -0.4 is 10.2 Å². The zero-order valence-electron chi connectivity index (χ0n) is 38.9. The summed E-state index contributed by atoms with van der Waals surface area (Å²) in [5.74, 6) is 0.434. The van der Waals surface area contributed by atoms with E-state index in [1.807, 2.05) is 65.0 Å². The van der Waals surface area contributed by atoms with Crippen LogP contribution in [0, 0.1) is 16.4 Å². The van der Waals surface area contributed by atoms with Crippen molar-refractivity contribution in [1.29, 1.82) is 0 Å². The summed E-state index contributed by atoms with van der Waals surface area (Å²) in [6.07, 6.45) is 4.10. The molecule has 3 aliphatic rings. The van der Waals surface area contributed by atoms with E-state index >= 15 is 4.39 Å². The van der Waals surface area contributed by atoms with E-state index in [2.05, 4.69) is 128 Å². The number of ether oxygens (including phenoxy) is 1. The van der Waals surface area contributed by atoms with Gasteiger partial charge in [0.05, 0.1) is 10.5 Å². The molecule has 0 radical (unpaired) electrons. The van der Waals surface area contributed by atoms with Gasteiger partial charge in [-0.2, -0.15) is 10.1 Å². The highest BCUT2D eigenvalue weighted by Gasteiger charge is 2.42. The van der Waals surface area contributed by atoms with Crippen molar-refractivity contribution >= 4 is 73.9 Å². The molecule has 1 aliphatic carbocycles. The molecule has 1 saturated carbocycles. The van der Waals surface area contributed by atoms with Crippen LogP contribution in [-0.2, 0) is 10.3 Å². The van der Waals surface area contributed by atoms with Crippen molar-refractivity contribution in [2.75, 3.05) is 36.4 Å². The lowest BCUT2D eigenvalue weighted by molar-refractivity contribution is 0.0130. The zero-order chi connectivity index (χ0) is 46.8. The van der Waals surface area contributed by atoms with Crippen LogP contribution in [0.3, 0.4) is 0 Å². The van der Waals surface area contributed by atoms with Gasteiger partial charge < -0.3 is 24.8 Å². The highest BCUT2D eigenvalue weighted by Crippen LogP contribution is 2.48. The number of benzene rings is 5. The molecule has 3 fully saturated rings. The Morgan fingerprint density at radius 1 is 0.806 bits per heavy atom. The molecule has 4 heterocycles. The van der Waals surface area contributed by atoms with Crippen LogP contribution in [0.1, 0.15) is 82.6 Å². The SMILES string of the molecule is Cc1ccc2c(c(I)nn2C(c2ccccc2)(c2ccccc2)c2ccccc2)c1-c1c(Cl)cc2c(N3C[C@H](C)N(C(=O)OC(C)(C)C)C[C@@H]3C)nc(NC3CCN(C4CC4)CC3)nc2c1F. The maximum Gasteiger partial charge on any atom is 0.410 e. The molecule has 346 valence electrons. The maximum atomic E-state index is 18.3. The van der Waals surface area contributed by atoms with E-state index < -0.39 is 17.0 Å². The van der Waals surface area contributed by atoms with Crippen molar-refractivity contribution in [3.8, 4) is 11.1 Å². The van der Waals surface area contributed by atoms with E-state index in [0.717, 1.165) is 59.1 Å². The van der Waals surface area contributed by atoms with Crippen LogP contribution in [0.25, 0.3) is 32.9 Å². The molecule has 67 heavy (non-hydrogen) atoms. The highest BCUT2D eigenvalue weighted by molar-refractivity contribution is 14.1. The topological polar surface area (TPSA) is 91.7 Å². The monoisotopic (exact) mass is 1030 g/mol. The van der Waals surface area contributed by atoms with E-state index in [1.165, 1.54) is 12.8 Å². The van der Waals surface area contributed by atoms with Gasteiger partial charge in [0.15, 0.2) is 5.82 Å². The van der Waals surface area contributed by atoms with Crippen LogP contribution in [-0.4, -0.2) is 91.6 Å². The Hall–Kier alpha value is -5.31. The normalized spacial score (nSPS) is 18.8. The molecular formula is C54H57ClFIN8O2. The van der Waals surface area contributed by atoms with E-state index in [1.54, 1.807) is 4.90 Å². The Balaban J connectivity index is 1.15. The average molecular weight is 1030 g/mol. The summed E-state index contributed by atoms with van der Waals surface area (Å²) < 4.78 is 27.0. The lowest BCUT2D eigenvalue weighted by atomic mass is 9.77. The molecule has 2 atom stereocenters. The first-order valence-electron chi connectivity index (χ1n) is 23.5. The Morgan fingerprint density at radius 3 is 1.97 bits per heavy atom. The number of halogens is 3. The van der Waals surface area contributed by atoms with E-state index in [4.69, 9.17) is 31.4 Å². The standard InChI is InChI=1S/C54H57ClFIN8O2/c1-33-22-25-43-46(49(57)61-65(43)54(36-16-10-7-11-17-36,37-18-12-8-13-19-37)38-20-14-9-15-21-38)44(33)45-42(55)30-41-48(47(45)56)59-51(58-39-26-28-62(29-27-39)40-23-24-40)60-50(41)63-31-35(3)64(32-34(63)2)52(66)67-53(4,5)6/h7-22,25,30,34-35,39-40H,23-24,26-29,31-32H2,1-6H3,(H,58,59,60)/t34-,35-/m0/s1. The van der Waals surface area contributed by atoms with Gasteiger partial charge in [-0.25, -0.2) is 18.9 Å². The fourth-order valence-electron chi connectivity index (χ4n) is 10.5. The van der Waals surface area contributed by atoms with Gasteiger partial charge in [0.2, 0.25) is 5.95 Å². The number of nitrogens with one attached hydrogen (secondary N) is 1. The number of fused-ring (bicyclic) bond motifs is 2. The Kier molecular flexibility index (Phi) is 12.2. The number of hydrogen-bond donors (Lipinski definition) is 1. The van der Waals surface area contributed by atoms with Crippen LogP contribution in [0.2, 0.25) is 5.02 Å². The molecular weight excluding hydrogens is 974 g/mol. The summed E-state index contributed by atoms with van der Waals surface area (Å²) >= 11 is 9.76. The summed E-state index contributed by atoms with van der Waals surface area (Å²) in [6, 6.07) is 37.7. The molecule has 10 rings (SSSR count). The number of carbonyl (C=O) groups is 1. The van der Waals surface area contributed by atoms with Gasteiger partial charge in [-0.1, -0.05) is 109 Å². The third kappa shape index (κ3) is 8.41. The molecule has 0 bridgehead atoms. The average Bonchev–Trinajstić information content (AvgIpc) is 4.11. The summed E-state index contributed by atoms with van der Waals surface area (Å²) in [6.45, 7) is 14.6. The van der Waals surface area contributed by atoms with Crippen LogP contribution in [0.4, 0.5) is 21.0 Å². The predicted molar refractivity (Wildman–Crippen MR) is 276 cm³/mol. The fourth-order valence-corrected chi connectivity index (χ4v) is 11.5. The predicted octanol–water partition coefficient (Wildman–Crippen LogP) is 12.1. The van der Waals surface area contributed by atoms with Gasteiger partial charge in [0, 0.05) is 72.2 Å². The second-order valence-corrected chi connectivity index (χ2v) is 21.1. The first-order valence-corrected chi connectivity index (χ1v) is 25.0. The van der Waals surface area contributed by atoms with Gasteiger partial charge in [0.1, 0.15) is 26.2 Å². The highest BCUT2D eigenvalue weighted by atomic mass is 127. The number of nitrogens with zero attached hydrogens (tertiary/aromatic N) is 7. The Morgan fingerprint density at radius 2 is 1.40 bits per heavy atom. The lowest BCUT2D eigenvalue weighted by Gasteiger charge is -2.45. The van der Waals surface area contributed by atoms with E-state index in [-0.39, 0.29) is 40.3 Å². The Labute approximate surface area is 411 Å². The first-order chi connectivity index (χ1) is 32.2. The van der Waals surface area contributed by atoms with Crippen LogP contribution in [0.5, 0.6) is 0 Å². The molecule has 1 N–H and O–H groups in total.